The number of aromatic nitrogens is 2. The number of aryl methyl sites for hydroxylation is 1. The number of amidine groups is 1. The van der Waals surface area contributed by atoms with E-state index < -0.39 is 5.97 Å². The normalized spacial score (nSPS) is 11.2. The van der Waals surface area contributed by atoms with Crippen molar-refractivity contribution in [1.82, 2.24) is 15.8 Å². The lowest BCUT2D eigenvalue weighted by Crippen LogP contribution is -2.29. The maximum Gasteiger partial charge on any atom is 0.362 e. The molecule has 0 aliphatic carbocycles. The van der Waals surface area contributed by atoms with Gasteiger partial charge in [0.2, 0.25) is 0 Å². The Balaban J connectivity index is 1.81. The van der Waals surface area contributed by atoms with Crippen LogP contribution in [-0.2, 0) is 4.84 Å². The van der Waals surface area contributed by atoms with Crippen molar-refractivity contribution in [2.24, 2.45) is 4.99 Å². The summed E-state index contributed by atoms with van der Waals surface area (Å²) in [5.74, 6) is -0.449. The van der Waals surface area contributed by atoms with Gasteiger partial charge in [0.15, 0.2) is 17.3 Å². The van der Waals surface area contributed by atoms with Crippen LogP contribution in [-0.4, -0.2) is 22.1 Å². The summed E-state index contributed by atoms with van der Waals surface area (Å²) < 4.78 is 4.58. The van der Waals surface area contributed by atoms with Crippen LogP contribution in [0.4, 0.5) is 11.5 Å². The van der Waals surface area contributed by atoms with Crippen molar-refractivity contribution in [3.05, 3.63) is 71.4 Å². The van der Waals surface area contributed by atoms with Gasteiger partial charge in [-0.2, -0.15) is 5.48 Å². The van der Waals surface area contributed by atoms with E-state index in [-0.39, 0.29) is 17.3 Å². The number of benzene rings is 2. The molecule has 0 unspecified atom stereocenters. The molecule has 0 bridgehead atoms. The Labute approximate surface area is 143 Å². The second-order valence-electron chi connectivity index (χ2n) is 5.15. The van der Waals surface area contributed by atoms with Crippen LogP contribution in [0.3, 0.4) is 0 Å². The van der Waals surface area contributed by atoms with Crippen molar-refractivity contribution < 1.29 is 14.3 Å². The molecule has 0 atom stereocenters. The smallest absolute Gasteiger partial charge is 0.362 e. The Morgan fingerprint density at radius 3 is 2.48 bits per heavy atom. The van der Waals surface area contributed by atoms with Gasteiger partial charge >= 0.3 is 5.97 Å². The maximum absolute atomic E-state index is 12.1. The average Bonchev–Trinajstić information content (AvgIpc) is 3.06. The number of hydrogen-bond donors (Lipinski definition) is 2. The first kappa shape index (κ1) is 16.2. The largest absolute Gasteiger partial charge is 0.379 e. The minimum Gasteiger partial charge on any atom is -0.379 e. The van der Waals surface area contributed by atoms with Crippen molar-refractivity contribution in [2.75, 3.05) is 5.73 Å². The standard InChI is InChI=1S/C17H15N5O3/c1-11-7-9-12(10-8-11)17(23)24-22-16(14-15(18)21-25-20-14)19-13-5-3-2-4-6-13/h2-10H,1H3,(H2,18,21)(H,19,22). The molecule has 8 heteroatoms. The van der Waals surface area contributed by atoms with E-state index in [0.717, 1.165) is 5.56 Å². The predicted octanol–water partition coefficient (Wildman–Crippen LogP) is 2.40. The van der Waals surface area contributed by atoms with Crippen LogP contribution in [0.2, 0.25) is 0 Å². The van der Waals surface area contributed by atoms with Crippen LogP contribution in [0.1, 0.15) is 21.6 Å². The lowest BCUT2D eigenvalue weighted by Gasteiger charge is -2.08. The second-order valence-corrected chi connectivity index (χ2v) is 5.15. The first-order valence-corrected chi connectivity index (χ1v) is 7.39. The van der Waals surface area contributed by atoms with Gasteiger partial charge in [0.1, 0.15) is 0 Å². The van der Waals surface area contributed by atoms with Crippen molar-refractivity contribution in [2.45, 2.75) is 6.92 Å². The minimum absolute atomic E-state index is 0.0218. The molecule has 3 N–H and O–H groups in total. The van der Waals surface area contributed by atoms with Crippen LogP contribution in [0.5, 0.6) is 0 Å². The van der Waals surface area contributed by atoms with Crippen LogP contribution in [0.25, 0.3) is 0 Å². The Kier molecular flexibility index (Phi) is 4.70. The van der Waals surface area contributed by atoms with Crippen molar-refractivity contribution in [3.8, 4) is 0 Å². The highest BCUT2D eigenvalue weighted by molar-refractivity contribution is 6.02. The number of nitrogens with one attached hydrogen (secondary N) is 1. The van der Waals surface area contributed by atoms with E-state index in [4.69, 9.17) is 10.6 Å². The van der Waals surface area contributed by atoms with Crippen molar-refractivity contribution in [1.29, 1.82) is 0 Å². The van der Waals surface area contributed by atoms with Crippen LogP contribution >= 0.6 is 0 Å². The molecule has 8 nitrogen and oxygen atoms in total. The zero-order valence-electron chi connectivity index (χ0n) is 13.3. The fourth-order valence-corrected chi connectivity index (χ4v) is 1.96. The molecular formula is C17H15N5O3. The van der Waals surface area contributed by atoms with E-state index in [1.807, 2.05) is 37.3 Å². The number of nitrogens with two attached hydrogens (primary N) is 1. The van der Waals surface area contributed by atoms with Gasteiger partial charge < -0.3 is 10.6 Å². The molecule has 0 amide bonds. The summed E-state index contributed by atoms with van der Waals surface area (Å²) in [6, 6.07) is 16.0. The summed E-state index contributed by atoms with van der Waals surface area (Å²) >= 11 is 0. The summed E-state index contributed by atoms with van der Waals surface area (Å²) in [4.78, 5) is 21.6. The number of nitrogen functional groups attached to an aromatic ring is 1. The van der Waals surface area contributed by atoms with Gasteiger partial charge in [0.25, 0.3) is 0 Å². The molecule has 126 valence electrons. The Hall–Kier alpha value is -3.68. The number of anilines is 1. The first-order chi connectivity index (χ1) is 12.1. The second kappa shape index (κ2) is 7.26. The molecule has 0 saturated carbocycles. The Morgan fingerprint density at radius 1 is 1.12 bits per heavy atom. The summed E-state index contributed by atoms with van der Waals surface area (Å²) in [5.41, 5.74) is 10.4. The van der Waals surface area contributed by atoms with E-state index in [9.17, 15) is 4.79 Å². The van der Waals surface area contributed by atoms with Gasteiger partial charge in [-0.15, -0.1) is 0 Å². The highest BCUT2D eigenvalue weighted by Gasteiger charge is 2.17. The van der Waals surface area contributed by atoms with E-state index in [0.29, 0.717) is 11.3 Å². The number of aliphatic imine (C=N–C) groups is 1. The summed E-state index contributed by atoms with van der Waals surface area (Å²) in [6.45, 7) is 1.93. The van der Waals surface area contributed by atoms with Gasteiger partial charge in [-0.1, -0.05) is 35.9 Å². The molecule has 25 heavy (non-hydrogen) atoms. The van der Waals surface area contributed by atoms with Gasteiger partial charge in [-0.05, 0) is 41.5 Å². The molecule has 0 saturated heterocycles. The minimum atomic E-state index is -0.573. The number of rotatable bonds is 3. The third kappa shape index (κ3) is 3.99. The molecule has 3 rings (SSSR count). The molecule has 0 spiro atoms. The quantitative estimate of drug-likeness (QED) is 0.428. The monoisotopic (exact) mass is 337 g/mol. The number of hydroxylamine groups is 1. The number of para-hydroxylation sites is 1. The van der Waals surface area contributed by atoms with E-state index >= 15 is 0 Å². The summed E-state index contributed by atoms with van der Waals surface area (Å²) in [5, 5.41) is 7.18. The third-order valence-corrected chi connectivity index (χ3v) is 3.26. The number of nitrogens with zero attached hydrogens (tertiary/aromatic N) is 3. The molecule has 2 aromatic carbocycles. The lowest BCUT2D eigenvalue weighted by molar-refractivity contribution is 0.0387. The SMILES string of the molecule is Cc1ccc(C(=O)ONC(=Nc2ccccc2)c2nonc2N)cc1. The van der Waals surface area contributed by atoms with Gasteiger partial charge in [0, 0.05) is 0 Å². The number of carbonyl (C=O) groups excluding carboxylic acids is 1. The van der Waals surface area contributed by atoms with Gasteiger partial charge in [-0.25, -0.2) is 14.4 Å². The lowest BCUT2D eigenvalue weighted by atomic mass is 10.2. The van der Waals surface area contributed by atoms with E-state index in [2.05, 4.69) is 25.4 Å². The van der Waals surface area contributed by atoms with E-state index in [1.54, 1.807) is 24.3 Å². The molecule has 0 fully saturated rings. The maximum atomic E-state index is 12.1. The molecule has 1 heterocycles. The zero-order valence-corrected chi connectivity index (χ0v) is 13.3. The molecule has 3 aromatic rings. The van der Waals surface area contributed by atoms with E-state index in [1.165, 1.54) is 0 Å². The van der Waals surface area contributed by atoms with Crippen molar-refractivity contribution in [3.63, 3.8) is 0 Å². The average molecular weight is 337 g/mol. The van der Waals surface area contributed by atoms with Crippen LogP contribution in [0, 0.1) is 6.92 Å². The molecular weight excluding hydrogens is 322 g/mol. The zero-order chi connectivity index (χ0) is 17.6. The number of hydrogen-bond acceptors (Lipinski definition) is 7. The van der Waals surface area contributed by atoms with Gasteiger partial charge in [0.05, 0.1) is 11.3 Å². The Morgan fingerprint density at radius 2 is 1.84 bits per heavy atom. The topological polar surface area (TPSA) is 116 Å². The highest BCUT2D eigenvalue weighted by Crippen LogP contribution is 2.14. The molecule has 1 aromatic heterocycles. The fourth-order valence-electron chi connectivity index (χ4n) is 1.96. The predicted molar refractivity (Wildman–Crippen MR) is 91.1 cm³/mol. The molecule has 0 aliphatic rings. The number of carbonyl (C=O) groups is 1. The summed E-state index contributed by atoms with van der Waals surface area (Å²) in [6.07, 6.45) is 0. The molecule has 0 radical (unpaired) electrons. The van der Waals surface area contributed by atoms with Crippen LogP contribution in [0.15, 0.2) is 64.2 Å². The Bertz CT molecular complexity index is 888. The van der Waals surface area contributed by atoms with Crippen molar-refractivity contribution >= 4 is 23.3 Å². The third-order valence-electron chi connectivity index (χ3n) is 3.26. The highest BCUT2D eigenvalue weighted by atomic mass is 16.7. The summed E-state index contributed by atoms with van der Waals surface area (Å²) in [7, 11) is 0. The molecule has 0 aliphatic heterocycles. The first-order valence-electron chi connectivity index (χ1n) is 7.39. The van der Waals surface area contributed by atoms with Gasteiger partial charge in [-0.3, -0.25) is 0 Å². The van der Waals surface area contributed by atoms with Crippen LogP contribution < -0.4 is 11.2 Å². The fraction of sp³-hybridized carbons (Fsp3) is 0.0588.